The Balaban J connectivity index is 2.05. The van der Waals surface area contributed by atoms with Gasteiger partial charge >= 0.3 is 0 Å². The first-order valence-corrected chi connectivity index (χ1v) is 7.26. The molecule has 0 spiro atoms. The molecule has 3 nitrogen and oxygen atoms in total. The van der Waals surface area contributed by atoms with E-state index in [1.807, 2.05) is 42.6 Å². The highest BCUT2D eigenvalue weighted by molar-refractivity contribution is 7.14. The number of hydrogen-bond donors (Lipinski definition) is 1. The van der Waals surface area contributed by atoms with Gasteiger partial charge in [0.1, 0.15) is 0 Å². The van der Waals surface area contributed by atoms with E-state index in [4.69, 9.17) is 11.6 Å². The quantitative estimate of drug-likeness (QED) is 0.666. The molecule has 0 aliphatic rings. The molecule has 0 unspecified atom stereocenters. The van der Waals surface area contributed by atoms with Crippen molar-refractivity contribution < 1.29 is 4.79 Å². The van der Waals surface area contributed by atoms with Gasteiger partial charge in [-0.15, -0.1) is 11.3 Å². The fourth-order valence-corrected chi connectivity index (χ4v) is 2.33. The zero-order valence-corrected chi connectivity index (χ0v) is 12.4. The molecule has 1 heterocycles. The second-order valence-electron chi connectivity index (χ2n) is 3.92. The van der Waals surface area contributed by atoms with E-state index >= 15 is 0 Å². The zero-order valence-electron chi connectivity index (χ0n) is 10.8. The predicted molar refractivity (Wildman–Crippen MR) is 85.1 cm³/mol. The maximum Gasteiger partial charge on any atom is 0.250 e. The lowest BCUT2D eigenvalue weighted by molar-refractivity contribution is -0.111. The van der Waals surface area contributed by atoms with Crippen LogP contribution in [0.4, 0.5) is 5.13 Å². The van der Waals surface area contributed by atoms with Gasteiger partial charge in [0.15, 0.2) is 5.13 Å². The number of aromatic nitrogens is 1. The molecule has 102 valence electrons. The molecule has 5 heteroatoms. The molecule has 0 radical (unpaired) electrons. The lowest BCUT2D eigenvalue weighted by atomic mass is 10.2. The molecule has 2 rings (SSSR count). The van der Waals surface area contributed by atoms with Crippen molar-refractivity contribution in [1.29, 1.82) is 0 Å². The molecular weight excluding hydrogens is 292 g/mol. The SMILES string of the molecule is C/C=C/C=C/C(=O)Nc1nc(-c2ccc(Cl)cc2)cs1. The molecule has 20 heavy (non-hydrogen) atoms. The van der Waals surface area contributed by atoms with Crippen molar-refractivity contribution in [2.45, 2.75) is 6.92 Å². The molecule has 1 aromatic heterocycles. The molecule has 0 saturated carbocycles. The van der Waals surface area contributed by atoms with Crippen molar-refractivity contribution in [3.05, 3.63) is 59.0 Å². The van der Waals surface area contributed by atoms with Crippen molar-refractivity contribution in [2.24, 2.45) is 0 Å². The van der Waals surface area contributed by atoms with Crippen molar-refractivity contribution in [3.63, 3.8) is 0 Å². The van der Waals surface area contributed by atoms with Crippen molar-refractivity contribution in [3.8, 4) is 11.3 Å². The molecule has 2 aromatic rings. The zero-order chi connectivity index (χ0) is 14.4. The van der Waals surface area contributed by atoms with E-state index in [0.29, 0.717) is 10.2 Å². The molecule has 0 atom stereocenters. The number of benzene rings is 1. The minimum atomic E-state index is -0.194. The Kier molecular flexibility index (Phi) is 5.09. The van der Waals surface area contributed by atoms with Crippen LogP contribution in [0.15, 0.2) is 53.9 Å². The number of amides is 1. The first-order valence-electron chi connectivity index (χ1n) is 6.01. The van der Waals surface area contributed by atoms with Gasteiger partial charge in [-0.1, -0.05) is 42.0 Å². The molecule has 0 aliphatic carbocycles. The van der Waals surface area contributed by atoms with E-state index in [9.17, 15) is 4.79 Å². The van der Waals surface area contributed by atoms with Gasteiger partial charge in [-0.3, -0.25) is 10.1 Å². The van der Waals surface area contributed by atoms with Crippen LogP contribution in [0.2, 0.25) is 5.02 Å². The van der Waals surface area contributed by atoms with E-state index < -0.39 is 0 Å². The predicted octanol–water partition coefficient (Wildman–Crippen LogP) is 4.53. The van der Waals surface area contributed by atoms with E-state index in [2.05, 4.69) is 10.3 Å². The van der Waals surface area contributed by atoms with Crippen LogP contribution >= 0.6 is 22.9 Å². The molecular formula is C15H13ClN2OS. The Morgan fingerprint density at radius 2 is 2.05 bits per heavy atom. The lowest BCUT2D eigenvalue weighted by Gasteiger charge is -1.97. The van der Waals surface area contributed by atoms with E-state index in [1.165, 1.54) is 17.4 Å². The third-order valence-electron chi connectivity index (χ3n) is 2.43. The monoisotopic (exact) mass is 304 g/mol. The molecule has 1 amide bonds. The third kappa shape index (κ3) is 4.05. The third-order valence-corrected chi connectivity index (χ3v) is 3.44. The summed E-state index contributed by atoms with van der Waals surface area (Å²) in [6.45, 7) is 1.89. The number of hydrogen-bond acceptors (Lipinski definition) is 3. The highest BCUT2D eigenvalue weighted by Gasteiger charge is 2.06. The summed E-state index contributed by atoms with van der Waals surface area (Å²) in [5.74, 6) is -0.194. The van der Waals surface area contributed by atoms with Crippen molar-refractivity contribution >= 4 is 34.0 Å². The maximum atomic E-state index is 11.6. The second-order valence-corrected chi connectivity index (χ2v) is 5.21. The summed E-state index contributed by atoms with van der Waals surface area (Å²) in [6.07, 6.45) is 6.79. The number of carbonyl (C=O) groups excluding carboxylic acids is 1. The molecule has 0 fully saturated rings. The largest absolute Gasteiger partial charge is 0.298 e. The van der Waals surface area contributed by atoms with Gasteiger partial charge < -0.3 is 0 Å². The smallest absolute Gasteiger partial charge is 0.250 e. The highest BCUT2D eigenvalue weighted by Crippen LogP contribution is 2.25. The molecule has 1 N–H and O–H groups in total. The fraction of sp³-hybridized carbons (Fsp3) is 0.0667. The Labute approximate surface area is 126 Å². The topological polar surface area (TPSA) is 42.0 Å². The van der Waals surface area contributed by atoms with Crippen molar-refractivity contribution in [1.82, 2.24) is 4.98 Å². The minimum Gasteiger partial charge on any atom is -0.298 e. The summed E-state index contributed by atoms with van der Waals surface area (Å²) in [5.41, 5.74) is 1.79. The number of thiazole rings is 1. The van der Waals surface area contributed by atoms with Crippen LogP contribution in [-0.4, -0.2) is 10.9 Å². The average Bonchev–Trinajstić information content (AvgIpc) is 2.88. The summed E-state index contributed by atoms with van der Waals surface area (Å²) in [7, 11) is 0. The van der Waals surface area contributed by atoms with Gasteiger partial charge in [0.25, 0.3) is 0 Å². The minimum absolute atomic E-state index is 0.194. The van der Waals surface area contributed by atoms with Crippen LogP contribution < -0.4 is 5.32 Å². The molecule has 0 bridgehead atoms. The van der Waals surface area contributed by atoms with Crippen LogP contribution in [0.25, 0.3) is 11.3 Å². The van der Waals surface area contributed by atoms with E-state index in [1.54, 1.807) is 12.2 Å². The Morgan fingerprint density at radius 3 is 2.75 bits per heavy atom. The normalized spacial score (nSPS) is 11.3. The summed E-state index contributed by atoms with van der Waals surface area (Å²) in [6, 6.07) is 7.42. The standard InChI is InChI=1S/C15H13ClN2OS/c1-2-3-4-5-14(19)18-15-17-13(10-20-15)11-6-8-12(16)9-7-11/h2-10H,1H3,(H,17,18,19)/b3-2+,5-4+. The second kappa shape index (κ2) is 7.03. The molecule has 0 saturated heterocycles. The summed E-state index contributed by atoms with van der Waals surface area (Å²) >= 11 is 7.23. The summed E-state index contributed by atoms with van der Waals surface area (Å²) in [5, 5.41) is 5.88. The van der Waals surface area contributed by atoms with Crippen LogP contribution in [0.5, 0.6) is 0 Å². The van der Waals surface area contributed by atoms with Gasteiger partial charge in [-0.2, -0.15) is 0 Å². The number of anilines is 1. The van der Waals surface area contributed by atoms with Gasteiger partial charge in [0.05, 0.1) is 5.69 Å². The average molecular weight is 305 g/mol. The van der Waals surface area contributed by atoms with Gasteiger partial charge in [-0.05, 0) is 19.1 Å². The van der Waals surface area contributed by atoms with Gasteiger partial charge in [0.2, 0.25) is 5.91 Å². The maximum absolute atomic E-state index is 11.6. The Bertz CT molecular complexity index is 644. The first-order chi connectivity index (χ1) is 9.69. The lowest BCUT2D eigenvalue weighted by Crippen LogP contribution is -2.07. The number of allylic oxidation sites excluding steroid dienone is 3. The molecule has 1 aromatic carbocycles. The van der Waals surface area contributed by atoms with Crippen LogP contribution in [0.3, 0.4) is 0 Å². The van der Waals surface area contributed by atoms with E-state index in [0.717, 1.165) is 11.3 Å². The number of halogens is 1. The van der Waals surface area contributed by atoms with Crippen LogP contribution in [-0.2, 0) is 4.79 Å². The summed E-state index contributed by atoms with van der Waals surface area (Å²) in [4.78, 5) is 16.0. The number of nitrogens with one attached hydrogen (secondary N) is 1. The van der Waals surface area contributed by atoms with Crippen molar-refractivity contribution in [2.75, 3.05) is 5.32 Å². The number of nitrogens with zero attached hydrogens (tertiary/aromatic N) is 1. The Morgan fingerprint density at radius 1 is 1.30 bits per heavy atom. The first kappa shape index (κ1) is 14.5. The van der Waals surface area contributed by atoms with E-state index in [-0.39, 0.29) is 5.91 Å². The van der Waals surface area contributed by atoms with Gasteiger partial charge in [-0.25, -0.2) is 4.98 Å². The highest BCUT2D eigenvalue weighted by atomic mass is 35.5. The fourth-order valence-electron chi connectivity index (χ4n) is 1.49. The van der Waals surface area contributed by atoms with Gasteiger partial charge in [0, 0.05) is 22.0 Å². The summed E-state index contributed by atoms with van der Waals surface area (Å²) < 4.78 is 0. The Hall–Kier alpha value is -1.91. The van der Waals surface area contributed by atoms with Crippen LogP contribution in [0.1, 0.15) is 6.92 Å². The number of rotatable bonds is 4. The van der Waals surface area contributed by atoms with Crippen LogP contribution in [0, 0.1) is 0 Å². The molecule has 0 aliphatic heterocycles. The number of carbonyl (C=O) groups is 1.